The molecule has 0 radical (unpaired) electrons. The van der Waals surface area contributed by atoms with E-state index in [1.807, 2.05) is 0 Å². The highest BCUT2D eigenvalue weighted by atomic mass is 79.9. The largest absolute Gasteiger partial charge is 0.545 e. The lowest BCUT2D eigenvalue weighted by molar-refractivity contribution is 0.309. The summed E-state index contributed by atoms with van der Waals surface area (Å²) in [6, 6.07) is 2.51. The van der Waals surface area contributed by atoms with E-state index in [1.165, 1.54) is 5.57 Å². The van der Waals surface area contributed by atoms with E-state index >= 15 is 0 Å². The van der Waals surface area contributed by atoms with Gasteiger partial charge in [0.25, 0.3) is 8.32 Å². The van der Waals surface area contributed by atoms with E-state index in [4.69, 9.17) is 4.43 Å². The second-order valence-corrected chi connectivity index (χ2v) is 15.9. The fraction of sp³-hybridized carbons (Fsp3) is 0.783. The van der Waals surface area contributed by atoms with Crippen LogP contribution < -0.4 is 0 Å². The zero-order valence-electron chi connectivity index (χ0n) is 18.7. The lowest BCUT2D eigenvalue weighted by Gasteiger charge is -2.44. The van der Waals surface area contributed by atoms with Gasteiger partial charge in [0, 0.05) is 0 Å². The molecule has 154 valence electrons. The molecule has 0 spiro atoms. The van der Waals surface area contributed by atoms with Crippen LogP contribution >= 0.6 is 15.9 Å². The first-order valence-electron chi connectivity index (χ1n) is 10.6. The molecule has 4 heteroatoms. The average molecular weight is 455 g/mol. The molecule has 1 aliphatic rings. The van der Waals surface area contributed by atoms with E-state index in [0.29, 0.717) is 22.5 Å². The number of nitriles is 1. The first-order chi connectivity index (χ1) is 12.5. The van der Waals surface area contributed by atoms with Crippen molar-refractivity contribution in [2.24, 2.45) is 11.8 Å². The first-order valence-corrected chi connectivity index (χ1v) is 13.7. The summed E-state index contributed by atoms with van der Waals surface area (Å²) in [6.45, 7) is 18.2. The van der Waals surface area contributed by atoms with E-state index in [9.17, 15) is 5.26 Å². The van der Waals surface area contributed by atoms with Crippen molar-refractivity contribution in [3.63, 3.8) is 0 Å². The Balaban J connectivity index is 2.87. The molecular weight excluding hydrogens is 414 g/mol. The molecule has 0 aromatic heterocycles. The Morgan fingerprint density at radius 1 is 1.22 bits per heavy atom. The SMILES string of the molecule is CC(C)=CCC(C#N)C[C@@H]1CC=C(O[Si](C(C)C)(C(C)C)C(C)C)[C@@H](Br)C1. The first kappa shape index (κ1) is 24.5. The van der Waals surface area contributed by atoms with Gasteiger partial charge in [-0.25, -0.2) is 0 Å². The van der Waals surface area contributed by atoms with Crippen molar-refractivity contribution in [3.05, 3.63) is 23.5 Å². The van der Waals surface area contributed by atoms with E-state index in [2.05, 4.69) is 89.5 Å². The molecule has 2 nitrogen and oxygen atoms in total. The molecular formula is C23H40BrNOSi. The summed E-state index contributed by atoms with van der Waals surface area (Å²) in [6.07, 6.45) is 8.46. The lowest BCUT2D eigenvalue weighted by atomic mass is 9.84. The van der Waals surface area contributed by atoms with E-state index < -0.39 is 8.32 Å². The summed E-state index contributed by atoms with van der Waals surface area (Å²) in [5.74, 6) is 1.84. The highest BCUT2D eigenvalue weighted by molar-refractivity contribution is 9.09. The van der Waals surface area contributed by atoms with Gasteiger partial charge in [-0.1, -0.05) is 69.1 Å². The summed E-state index contributed by atoms with van der Waals surface area (Å²) in [5.41, 5.74) is 3.05. The Kier molecular flexibility index (Phi) is 9.86. The number of halogens is 1. The summed E-state index contributed by atoms with van der Waals surface area (Å²) in [5, 5.41) is 9.50. The standard InChI is InChI=1S/C23H40BrNOSi/c1-16(2)9-10-21(15-25)13-20-11-12-23(22(24)14-20)26-27(17(3)4,18(5)6)19(7)8/h9,12,17-22H,10-11,13-14H2,1-8H3/t20-,21?,22-/m0/s1. The highest BCUT2D eigenvalue weighted by Gasteiger charge is 2.48. The third-order valence-electron chi connectivity index (χ3n) is 6.11. The molecule has 1 unspecified atom stereocenters. The molecule has 0 saturated carbocycles. The van der Waals surface area contributed by atoms with Crippen molar-refractivity contribution < 1.29 is 4.43 Å². The van der Waals surface area contributed by atoms with E-state index in [0.717, 1.165) is 31.4 Å². The summed E-state index contributed by atoms with van der Waals surface area (Å²) >= 11 is 3.90. The predicted molar refractivity (Wildman–Crippen MR) is 123 cm³/mol. The van der Waals surface area contributed by atoms with Crippen LogP contribution in [-0.2, 0) is 4.43 Å². The van der Waals surface area contributed by atoms with Gasteiger partial charge in [-0.2, -0.15) is 5.26 Å². The van der Waals surface area contributed by atoms with Crippen LogP contribution in [0.3, 0.4) is 0 Å². The molecule has 0 amide bonds. The van der Waals surface area contributed by atoms with Crippen molar-refractivity contribution in [2.75, 3.05) is 0 Å². The molecule has 0 fully saturated rings. The van der Waals surface area contributed by atoms with E-state index in [-0.39, 0.29) is 10.7 Å². The Bertz CT molecular complexity index is 548. The molecule has 27 heavy (non-hydrogen) atoms. The second kappa shape index (κ2) is 10.9. The number of alkyl halides is 1. The van der Waals surface area contributed by atoms with Crippen molar-refractivity contribution in [3.8, 4) is 6.07 Å². The van der Waals surface area contributed by atoms with Crippen LogP contribution in [0.5, 0.6) is 0 Å². The van der Waals surface area contributed by atoms with Crippen molar-refractivity contribution in [2.45, 2.75) is 103 Å². The lowest BCUT2D eigenvalue weighted by Crippen LogP contribution is -2.48. The topological polar surface area (TPSA) is 33.0 Å². The van der Waals surface area contributed by atoms with Crippen molar-refractivity contribution >= 4 is 24.2 Å². The van der Waals surface area contributed by atoms with Crippen LogP contribution in [0, 0.1) is 23.2 Å². The minimum absolute atomic E-state index is 0.121. The maximum absolute atomic E-state index is 9.50. The van der Waals surface area contributed by atoms with E-state index in [1.54, 1.807) is 0 Å². The zero-order chi connectivity index (χ0) is 20.8. The molecule has 0 saturated heterocycles. The Hall–Kier alpha value is -0.533. The highest BCUT2D eigenvalue weighted by Crippen LogP contribution is 2.46. The molecule has 1 aliphatic carbocycles. The van der Waals surface area contributed by atoms with Crippen molar-refractivity contribution in [1.82, 2.24) is 0 Å². The zero-order valence-corrected chi connectivity index (χ0v) is 21.3. The van der Waals surface area contributed by atoms with Gasteiger partial charge in [-0.3, -0.25) is 0 Å². The van der Waals surface area contributed by atoms with Gasteiger partial charge in [0.2, 0.25) is 0 Å². The number of allylic oxidation sites excluding steroid dienone is 4. The van der Waals surface area contributed by atoms with Gasteiger partial charge < -0.3 is 4.43 Å². The number of hydrogen-bond donors (Lipinski definition) is 0. The quantitative estimate of drug-likeness (QED) is 0.200. The Labute approximate surface area is 177 Å². The maximum Gasteiger partial charge on any atom is 0.258 e. The van der Waals surface area contributed by atoms with Crippen LogP contribution in [0.4, 0.5) is 0 Å². The van der Waals surface area contributed by atoms with Gasteiger partial charge in [-0.05, 0) is 68.1 Å². The maximum atomic E-state index is 9.50. The van der Waals surface area contributed by atoms with Gasteiger partial charge in [-0.15, -0.1) is 0 Å². The van der Waals surface area contributed by atoms with Gasteiger partial charge in [0.1, 0.15) is 0 Å². The third-order valence-corrected chi connectivity index (χ3v) is 12.9. The molecule has 0 aromatic carbocycles. The fourth-order valence-electron chi connectivity index (χ4n) is 4.75. The summed E-state index contributed by atoms with van der Waals surface area (Å²) in [7, 11) is -1.90. The van der Waals surface area contributed by atoms with Crippen LogP contribution in [0.25, 0.3) is 0 Å². The third kappa shape index (κ3) is 6.50. The molecule has 1 rings (SSSR count). The Morgan fingerprint density at radius 3 is 2.19 bits per heavy atom. The minimum Gasteiger partial charge on any atom is -0.545 e. The predicted octanol–water partition coefficient (Wildman–Crippen LogP) is 8.12. The smallest absolute Gasteiger partial charge is 0.258 e. The van der Waals surface area contributed by atoms with Crippen LogP contribution in [-0.4, -0.2) is 13.1 Å². The normalized spacial score (nSPS) is 21.8. The van der Waals surface area contributed by atoms with Crippen LogP contribution in [0.15, 0.2) is 23.5 Å². The summed E-state index contributed by atoms with van der Waals surface area (Å²) < 4.78 is 6.91. The fourth-order valence-corrected chi connectivity index (χ4v) is 11.1. The second-order valence-electron chi connectivity index (χ2n) is 9.41. The van der Waals surface area contributed by atoms with Crippen LogP contribution in [0.2, 0.25) is 16.6 Å². The molecule has 0 bridgehead atoms. The molecule has 0 heterocycles. The molecule has 0 aromatic rings. The number of rotatable bonds is 9. The summed E-state index contributed by atoms with van der Waals surface area (Å²) in [4.78, 5) is 0.280. The van der Waals surface area contributed by atoms with Crippen LogP contribution in [0.1, 0.15) is 81.1 Å². The minimum atomic E-state index is -1.90. The molecule has 3 atom stereocenters. The number of nitrogens with zero attached hydrogens (tertiary/aromatic N) is 1. The van der Waals surface area contributed by atoms with Crippen molar-refractivity contribution in [1.29, 1.82) is 5.26 Å². The monoisotopic (exact) mass is 453 g/mol. The Morgan fingerprint density at radius 2 is 1.78 bits per heavy atom. The van der Waals surface area contributed by atoms with Gasteiger partial charge in [0.05, 0.1) is 22.6 Å². The molecule has 0 N–H and O–H groups in total. The van der Waals surface area contributed by atoms with Gasteiger partial charge >= 0.3 is 0 Å². The van der Waals surface area contributed by atoms with Gasteiger partial charge in [0.15, 0.2) is 0 Å². The number of hydrogen-bond acceptors (Lipinski definition) is 2. The molecule has 0 aliphatic heterocycles. The average Bonchev–Trinajstić information content (AvgIpc) is 2.56.